The van der Waals surface area contributed by atoms with Crippen molar-refractivity contribution in [2.24, 2.45) is 5.92 Å². The highest BCUT2D eigenvalue weighted by Gasteiger charge is 2.05. The molecule has 1 N–H and O–H groups in total. The molecular formula is C11H21N. The van der Waals surface area contributed by atoms with Gasteiger partial charge in [0.2, 0.25) is 0 Å². The van der Waals surface area contributed by atoms with Crippen molar-refractivity contribution in [2.75, 3.05) is 7.05 Å². The summed E-state index contributed by atoms with van der Waals surface area (Å²) in [4.78, 5) is 0. The van der Waals surface area contributed by atoms with Crippen LogP contribution in [0.5, 0.6) is 0 Å². The second-order valence-corrected chi connectivity index (χ2v) is 3.70. The second-order valence-electron chi connectivity index (χ2n) is 3.70. The van der Waals surface area contributed by atoms with Gasteiger partial charge in [0, 0.05) is 12.5 Å². The van der Waals surface area contributed by atoms with Gasteiger partial charge in [-0.2, -0.15) is 0 Å². The van der Waals surface area contributed by atoms with Crippen molar-refractivity contribution in [1.82, 2.24) is 5.32 Å². The summed E-state index contributed by atoms with van der Waals surface area (Å²) in [6.07, 6.45) is 9.75. The van der Waals surface area contributed by atoms with Gasteiger partial charge in [0.15, 0.2) is 0 Å². The quantitative estimate of drug-likeness (QED) is 0.599. The maximum atomic E-state index is 5.21. The maximum absolute atomic E-state index is 5.21. The Kier molecular flexibility index (Phi) is 6.90. The number of hydrogen-bond acceptors (Lipinski definition) is 1. The standard InChI is InChI=1S/C11H21N/c1-5-6-7-11(12-4)9-8-10(2)3/h1,10-12H,6-9H2,2-4H3. The van der Waals surface area contributed by atoms with Crippen LogP contribution in [0, 0.1) is 18.3 Å². The van der Waals surface area contributed by atoms with Gasteiger partial charge in [-0.15, -0.1) is 12.3 Å². The molecule has 0 aliphatic carbocycles. The first kappa shape index (κ1) is 11.5. The molecule has 0 aliphatic heterocycles. The van der Waals surface area contributed by atoms with Crippen molar-refractivity contribution in [3.63, 3.8) is 0 Å². The number of nitrogens with one attached hydrogen (secondary N) is 1. The van der Waals surface area contributed by atoms with E-state index in [0.717, 1.165) is 18.8 Å². The molecule has 12 heavy (non-hydrogen) atoms. The minimum Gasteiger partial charge on any atom is -0.317 e. The minimum absolute atomic E-state index is 0.614. The summed E-state index contributed by atoms with van der Waals surface area (Å²) >= 11 is 0. The van der Waals surface area contributed by atoms with Crippen LogP contribution in [0.1, 0.15) is 39.5 Å². The third-order valence-electron chi connectivity index (χ3n) is 2.14. The van der Waals surface area contributed by atoms with E-state index in [1.54, 1.807) is 0 Å². The van der Waals surface area contributed by atoms with Gasteiger partial charge >= 0.3 is 0 Å². The summed E-state index contributed by atoms with van der Waals surface area (Å²) in [5.74, 6) is 3.48. The average Bonchev–Trinajstić information content (AvgIpc) is 2.05. The van der Waals surface area contributed by atoms with Crippen LogP contribution in [-0.2, 0) is 0 Å². The van der Waals surface area contributed by atoms with Crippen molar-refractivity contribution in [1.29, 1.82) is 0 Å². The highest BCUT2D eigenvalue weighted by molar-refractivity contribution is 4.85. The minimum atomic E-state index is 0.614. The summed E-state index contributed by atoms with van der Waals surface area (Å²) in [7, 11) is 2.02. The molecule has 0 aromatic carbocycles. The Morgan fingerprint density at radius 3 is 2.33 bits per heavy atom. The first-order valence-electron chi connectivity index (χ1n) is 4.81. The molecule has 0 aromatic rings. The molecule has 0 amide bonds. The predicted molar refractivity (Wildman–Crippen MR) is 55.0 cm³/mol. The summed E-state index contributed by atoms with van der Waals surface area (Å²) < 4.78 is 0. The molecule has 0 bridgehead atoms. The number of rotatable bonds is 6. The zero-order valence-electron chi connectivity index (χ0n) is 8.56. The van der Waals surface area contributed by atoms with Gasteiger partial charge in [-0.3, -0.25) is 0 Å². The molecule has 0 fully saturated rings. The van der Waals surface area contributed by atoms with Crippen molar-refractivity contribution < 1.29 is 0 Å². The fraction of sp³-hybridized carbons (Fsp3) is 0.818. The van der Waals surface area contributed by atoms with Gasteiger partial charge in [0.05, 0.1) is 0 Å². The van der Waals surface area contributed by atoms with Gasteiger partial charge in [0.1, 0.15) is 0 Å². The lowest BCUT2D eigenvalue weighted by atomic mass is 10.0. The molecule has 1 atom stereocenters. The summed E-state index contributed by atoms with van der Waals surface area (Å²) in [5, 5.41) is 3.30. The Bertz CT molecular complexity index is 132. The SMILES string of the molecule is C#CCCC(CCC(C)C)NC. The van der Waals surface area contributed by atoms with Gasteiger partial charge in [-0.05, 0) is 32.2 Å². The molecule has 0 aromatic heterocycles. The Balaban J connectivity index is 3.47. The first-order chi connectivity index (χ1) is 5.70. The Labute approximate surface area is 76.9 Å². The topological polar surface area (TPSA) is 12.0 Å². The molecule has 0 rings (SSSR count). The van der Waals surface area contributed by atoms with E-state index < -0.39 is 0 Å². The van der Waals surface area contributed by atoms with Crippen LogP contribution < -0.4 is 5.32 Å². The molecule has 0 heterocycles. The maximum Gasteiger partial charge on any atom is 0.0101 e. The van der Waals surface area contributed by atoms with Crippen LogP contribution in [0.2, 0.25) is 0 Å². The molecule has 0 saturated heterocycles. The smallest absolute Gasteiger partial charge is 0.0101 e. The molecule has 1 nitrogen and oxygen atoms in total. The van der Waals surface area contributed by atoms with Crippen LogP contribution in [0.25, 0.3) is 0 Å². The Morgan fingerprint density at radius 2 is 1.92 bits per heavy atom. The number of terminal acetylenes is 1. The zero-order chi connectivity index (χ0) is 9.40. The zero-order valence-corrected chi connectivity index (χ0v) is 8.56. The molecule has 1 unspecified atom stereocenters. The highest BCUT2D eigenvalue weighted by atomic mass is 14.9. The largest absolute Gasteiger partial charge is 0.317 e. The van der Waals surface area contributed by atoms with Crippen LogP contribution in [-0.4, -0.2) is 13.1 Å². The van der Waals surface area contributed by atoms with Crippen LogP contribution in [0.4, 0.5) is 0 Å². The monoisotopic (exact) mass is 167 g/mol. The van der Waals surface area contributed by atoms with E-state index in [1.807, 2.05) is 7.05 Å². The first-order valence-corrected chi connectivity index (χ1v) is 4.81. The van der Waals surface area contributed by atoms with Gasteiger partial charge < -0.3 is 5.32 Å². The van der Waals surface area contributed by atoms with Crippen LogP contribution >= 0.6 is 0 Å². The lowest BCUT2D eigenvalue weighted by Gasteiger charge is -2.15. The Morgan fingerprint density at radius 1 is 1.25 bits per heavy atom. The van der Waals surface area contributed by atoms with Gasteiger partial charge in [0.25, 0.3) is 0 Å². The van der Waals surface area contributed by atoms with E-state index in [2.05, 4.69) is 25.1 Å². The highest BCUT2D eigenvalue weighted by Crippen LogP contribution is 2.09. The third-order valence-corrected chi connectivity index (χ3v) is 2.14. The van der Waals surface area contributed by atoms with E-state index in [1.165, 1.54) is 12.8 Å². The van der Waals surface area contributed by atoms with E-state index in [-0.39, 0.29) is 0 Å². The molecule has 0 saturated carbocycles. The molecular weight excluding hydrogens is 146 g/mol. The van der Waals surface area contributed by atoms with Gasteiger partial charge in [-0.1, -0.05) is 13.8 Å². The van der Waals surface area contributed by atoms with E-state index in [9.17, 15) is 0 Å². The third kappa shape index (κ3) is 6.24. The second kappa shape index (κ2) is 7.18. The van der Waals surface area contributed by atoms with E-state index in [0.29, 0.717) is 6.04 Å². The van der Waals surface area contributed by atoms with E-state index in [4.69, 9.17) is 6.42 Å². The van der Waals surface area contributed by atoms with Crippen LogP contribution in [0.3, 0.4) is 0 Å². The molecule has 0 aliphatic rings. The normalized spacial score (nSPS) is 12.9. The molecule has 1 heteroatoms. The van der Waals surface area contributed by atoms with Gasteiger partial charge in [-0.25, -0.2) is 0 Å². The fourth-order valence-corrected chi connectivity index (χ4v) is 1.23. The van der Waals surface area contributed by atoms with Crippen LogP contribution in [0.15, 0.2) is 0 Å². The summed E-state index contributed by atoms with van der Waals surface area (Å²) in [5.41, 5.74) is 0. The predicted octanol–water partition coefficient (Wildman–Crippen LogP) is 2.42. The molecule has 0 spiro atoms. The average molecular weight is 167 g/mol. The van der Waals surface area contributed by atoms with Crippen molar-refractivity contribution in [3.05, 3.63) is 0 Å². The fourth-order valence-electron chi connectivity index (χ4n) is 1.23. The van der Waals surface area contributed by atoms with E-state index >= 15 is 0 Å². The van der Waals surface area contributed by atoms with Crippen molar-refractivity contribution in [3.8, 4) is 12.3 Å². The molecule has 70 valence electrons. The lowest BCUT2D eigenvalue weighted by Crippen LogP contribution is -2.25. The lowest BCUT2D eigenvalue weighted by molar-refractivity contribution is 0.436. The Hall–Kier alpha value is -0.480. The molecule has 0 radical (unpaired) electrons. The van der Waals surface area contributed by atoms with Crippen molar-refractivity contribution in [2.45, 2.75) is 45.6 Å². The number of hydrogen-bond donors (Lipinski definition) is 1. The summed E-state index contributed by atoms with van der Waals surface area (Å²) in [6, 6.07) is 0.614. The summed E-state index contributed by atoms with van der Waals surface area (Å²) in [6.45, 7) is 4.52. The van der Waals surface area contributed by atoms with Crippen molar-refractivity contribution >= 4 is 0 Å².